The van der Waals surface area contributed by atoms with Gasteiger partial charge in [0.2, 0.25) is 4.80 Å². The standard InChI is InChI=1S/C27H25N5OS2/c1-18-10-11-22(14-19(18)2)24-17-35-27(31(24)28-15-21-12-13-34-16-21)29-25-20(3)30(4)32(26(25)33)23-8-6-5-7-9-23/h5-17H,1-4H3. The number of aromatic nitrogens is 3. The third kappa shape index (κ3) is 4.38. The lowest BCUT2D eigenvalue weighted by molar-refractivity contribution is 0.630. The van der Waals surface area contributed by atoms with Gasteiger partial charge in [0.05, 0.1) is 23.3 Å². The molecule has 0 unspecified atom stereocenters. The molecule has 0 saturated heterocycles. The molecule has 0 saturated carbocycles. The highest BCUT2D eigenvalue weighted by atomic mass is 32.1. The van der Waals surface area contributed by atoms with Crippen LogP contribution >= 0.6 is 22.7 Å². The maximum atomic E-state index is 13.4. The van der Waals surface area contributed by atoms with Gasteiger partial charge in [-0.05, 0) is 66.9 Å². The smallest absolute Gasteiger partial charge is 0.283 e. The summed E-state index contributed by atoms with van der Waals surface area (Å²) in [5, 5.41) is 10.9. The Morgan fingerprint density at radius 1 is 0.943 bits per heavy atom. The third-order valence-corrected chi connectivity index (χ3v) is 7.60. The van der Waals surface area contributed by atoms with Gasteiger partial charge in [0, 0.05) is 23.6 Å². The predicted octanol–water partition coefficient (Wildman–Crippen LogP) is 5.81. The van der Waals surface area contributed by atoms with Crippen LogP contribution in [0, 0.1) is 20.8 Å². The van der Waals surface area contributed by atoms with Gasteiger partial charge >= 0.3 is 0 Å². The summed E-state index contributed by atoms with van der Waals surface area (Å²) < 4.78 is 5.31. The van der Waals surface area contributed by atoms with Gasteiger partial charge in [0.25, 0.3) is 5.56 Å². The summed E-state index contributed by atoms with van der Waals surface area (Å²) in [4.78, 5) is 18.9. The number of benzene rings is 2. The highest BCUT2D eigenvalue weighted by Gasteiger charge is 2.17. The lowest BCUT2D eigenvalue weighted by Gasteiger charge is -2.07. The number of thiophene rings is 1. The van der Waals surface area contributed by atoms with Gasteiger partial charge in [-0.15, -0.1) is 11.3 Å². The van der Waals surface area contributed by atoms with Crippen LogP contribution < -0.4 is 10.4 Å². The summed E-state index contributed by atoms with van der Waals surface area (Å²) in [5.74, 6) is 0. The molecular formula is C27H25N5OS2. The van der Waals surface area contributed by atoms with Crippen molar-refractivity contribution in [2.45, 2.75) is 20.8 Å². The second kappa shape index (κ2) is 9.48. The van der Waals surface area contributed by atoms with Crippen molar-refractivity contribution < 1.29 is 0 Å². The normalized spacial score (nSPS) is 12.2. The molecule has 2 aromatic carbocycles. The van der Waals surface area contributed by atoms with Gasteiger partial charge in [0.15, 0.2) is 5.69 Å². The van der Waals surface area contributed by atoms with Crippen LogP contribution in [0.15, 0.2) is 85.6 Å². The summed E-state index contributed by atoms with van der Waals surface area (Å²) in [7, 11) is 1.88. The summed E-state index contributed by atoms with van der Waals surface area (Å²) in [6, 6.07) is 18.0. The number of nitrogens with zero attached hydrogens (tertiary/aromatic N) is 5. The van der Waals surface area contributed by atoms with Crippen LogP contribution in [0.3, 0.4) is 0 Å². The molecule has 0 aliphatic rings. The fourth-order valence-electron chi connectivity index (χ4n) is 3.84. The fraction of sp³-hybridized carbons (Fsp3) is 0.148. The molecule has 0 aliphatic heterocycles. The zero-order chi connectivity index (χ0) is 24.5. The lowest BCUT2D eigenvalue weighted by Crippen LogP contribution is -2.19. The Bertz CT molecular complexity index is 1650. The van der Waals surface area contributed by atoms with E-state index in [1.165, 1.54) is 22.5 Å². The molecular weight excluding hydrogens is 474 g/mol. The topological polar surface area (TPSA) is 56.6 Å². The Morgan fingerprint density at radius 3 is 2.46 bits per heavy atom. The second-order valence-corrected chi connectivity index (χ2v) is 9.95. The second-order valence-electron chi connectivity index (χ2n) is 8.34. The molecule has 5 rings (SSSR count). The molecule has 0 fully saturated rings. The maximum Gasteiger partial charge on any atom is 0.297 e. The van der Waals surface area contributed by atoms with Crippen LogP contribution in [0.4, 0.5) is 5.69 Å². The molecule has 5 aromatic rings. The van der Waals surface area contributed by atoms with Crippen molar-refractivity contribution in [2.24, 2.45) is 17.1 Å². The van der Waals surface area contributed by atoms with Crippen molar-refractivity contribution in [2.75, 3.05) is 0 Å². The van der Waals surface area contributed by atoms with E-state index in [4.69, 9.17) is 10.1 Å². The Balaban J connectivity index is 1.71. The SMILES string of the molecule is Cc1ccc(-c2csc(=Nc3c(C)n(C)n(-c4ccccc4)c3=O)n2N=Cc2ccsc2)cc1C. The average molecular weight is 500 g/mol. The van der Waals surface area contributed by atoms with E-state index in [2.05, 4.69) is 32.0 Å². The summed E-state index contributed by atoms with van der Waals surface area (Å²) in [5.41, 5.74) is 7.29. The summed E-state index contributed by atoms with van der Waals surface area (Å²) in [6.07, 6.45) is 1.83. The zero-order valence-corrected chi connectivity index (χ0v) is 21.6. The number of hydrogen-bond donors (Lipinski definition) is 0. The number of para-hydroxylation sites is 1. The van der Waals surface area contributed by atoms with Crippen LogP contribution in [0.1, 0.15) is 22.4 Å². The molecule has 0 bridgehead atoms. The Kier molecular flexibility index (Phi) is 6.23. The minimum atomic E-state index is -0.161. The van der Waals surface area contributed by atoms with Crippen molar-refractivity contribution in [1.82, 2.24) is 14.0 Å². The summed E-state index contributed by atoms with van der Waals surface area (Å²) >= 11 is 3.09. The lowest BCUT2D eigenvalue weighted by atomic mass is 10.1. The van der Waals surface area contributed by atoms with E-state index in [-0.39, 0.29) is 5.56 Å². The largest absolute Gasteiger partial charge is 0.297 e. The van der Waals surface area contributed by atoms with E-state index in [1.807, 2.05) is 82.1 Å². The van der Waals surface area contributed by atoms with Gasteiger partial charge in [0.1, 0.15) is 0 Å². The first-order valence-electron chi connectivity index (χ1n) is 11.2. The zero-order valence-electron chi connectivity index (χ0n) is 20.0. The van der Waals surface area contributed by atoms with Crippen LogP contribution in [-0.4, -0.2) is 20.3 Å². The van der Waals surface area contributed by atoms with E-state index < -0.39 is 0 Å². The first-order chi connectivity index (χ1) is 16.9. The van der Waals surface area contributed by atoms with Gasteiger partial charge < -0.3 is 0 Å². The number of aryl methyl sites for hydroxylation is 2. The quantitative estimate of drug-likeness (QED) is 0.282. The molecule has 0 N–H and O–H groups in total. The first kappa shape index (κ1) is 23.0. The van der Waals surface area contributed by atoms with Crippen LogP contribution in [0.2, 0.25) is 0 Å². The van der Waals surface area contributed by atoms with Crippen molar-refractivity contribution in [1.29, 1.82) is 0 Å². The molecule has 3 aromatic heterocycles. The van der Waals surface area contributed by atoms with Crippen molar-refractivity contribution in [3.63, 3.8) is 0 Å². The molecule has 3 heterocycles. The Morgan fingerprint density at radius 2 is 1.74 bits per heavy atom. The molecule has 0 spiro atoms. The minimum absolute atomic E-state index is 0.161. The fourth-order valence-corrected chi connectivity index (χ4v) is 5.29. The van der Waals surface area contributed by atoms with E-state index in [0.29, 0.717) is 10.5 Å². The predicted molar refractivity (Wildman–Crippen MR) is 145 cm³/mol. The minimum Gasteiger partial charge on any atom is -0.283 e. The van der Waals surface area contributed by atoms with Gasteiger partial charge in [-0.1, -0.05) is 30.3 Å². The van der Waals surface area contributed by atoms with Crippen molar-refractivity contribution in [3.8, 4) is 16.9 Å². The Labute approximate surface area is 211 Å². The van der Waals surface area contributed by atoms with E-state index in [9.17, 15) is 4.79 Å². The van der Waals surface area contributed by atoms with Crippen molar-refractivity contribution in [3.05, 3.63) is 108 Å². The highest BCUT2D eigenvalue weighted by molar-refractivity contribution is 7.08. The molecule has 176 valence electrons. The first-order valence-corrected chi connectivity index (χ1v) is 13.0. The van der Waals surface area contributed by atoms with Crippen molar-refractivity contribution >= 4 is 34.6 Å². The summed E-state index contributed by atoms with van der Waals surface area (Å²) in [6.45, 7) is 6.12. The number of rotatable bonds is 5. The molecule has 8 heteroatoms. The molecule has 0 radical (unpaired) electrons. The number of hydrogen-bond acceptors (Lipinski definition) is 5. The van der Waals surface area contributed by atoms with Crippen LogP contribution in [0.25, 0.3) is 16.9 Å². The van der Waals surface area contributed by atoms with Gasteiger partial charge in [-0.2, -0.15) is 16.4 Å². The average Bonchev–Trinajstić information content (AvgIpc) is 3.57. The van der Waals surface area contributed by atoms with E-state index >= 15 is 0 Å². The molecule has 35 heavy (non-hydrogen) atoms. The Hall–Kier alpha value is -3.75. The van der Waals surface area contributed by atoms with Crippen LogP contribution in [-0.2, 0) is 7.05 Å². The van der Waals surface area contributed by atoms with Gasteiger partial charge in [-0.25, -0.2) is 14.4 Å². The van der Waals surface area contributed by atoms with E-state index in [1.54, 1.807) is 16.0 Å². The molecule has 6 nitrogen and oxygen atoms in total. The highest BCUT2D eigenvalue weighted by Crippen LogP contribution is 2.24. The van der Waals surface area contributed by atoms with Gasteiger partial charge in [-0.3, -0.25) is 9.48 Å². The molecule has 0 amide bonds. The maximum absolute atomic E-state index is 13.4. The monoisotopic (exact) mass is 499 g/mol. The third-order valence-electron chi connectivity index (χ3n) is 6.08. The number of thiazole rings is 1. The van der Waals surface area contributed by atoms with E-state index in [0.717, 1.165) is 28.2 Å². The molecule has 0 atom stereocenters. The molecule has 0 aliphatic carbocycles. The van der Waals surface area contributed by atoms with Crippen LogP contribution in [0.5, 0.6) is 0 Å².